The Morgan fingerprint density at radius 1 is 1.33 bits per heavy atom. The second kappa shape index (κ2) is 6.02. The number of nitrogens with zero attached hydrogens (tertiary/aromatic N) is 2. The minimum Gasteiger partial charge on any atom is -0.336 e. The number of rotatable bonds is 3. The average Bonchev–Trinajstić information content (AvgIpc) is 2.33. The van der Waals surface area contributed by atoms with Crippen LogP contribution in [0.2, 0.25) is 0 Å². The molecular formula is C14H29N3O. The van der Waals surface area contributed by atoms with E-state index in [2.05, 4.69) is 49.9 Å². The van der Waals surface area contributed by atoms with Crippen molar-refractivity contribution >= 4 is 5.91 Å². The van der Waals surface area contributed by atoms with E-state index in [9.17, 15) is 4.79 Å². The Kier molecular flexibility index (Phi) is 5.17. The van der Waals surface area contributed by atoms with E-state index in [0.29, 0.717) is 5.92 Å². The zero-order valence-corrected chi connectivity index (χ0v) is 12.8. The number of hydrogen-bond donors (Lipinski definition) is 1. The maximum absolute atomic E-state index is 12.7. The van der Waals surface area contributed by atoms with Crippen LogP contribution in [0.1, 0.15) is 34.1 Å². The molecule has 0 aromatic rings. The minimum absolute atomic E-state index is 0.0154. The Morgan fingerprint density at radius 2 is 1.94 bits per heavy atom. The lowest BCUT2D eigenvalue weighted by molar-refractivity contribution is -0.140. The molecule has 0 radical (unpaired) electrons. The van der Waals surface area contributed by atoms with Crippen molar-refractivity contribution in [2.45, 2.75) is 45.7 Å². The summed E-state index contributed by atoms with van der Waals surface area (Å²) in [6.07, 6.45) is 0.880. The van der Waals surface area contributed by atoms with Crippen LogP contribution in [0.25, 0.3) is 0 Å². The highest BCUT2D eigenvalue weighted by Crippen LogP contribution is 2.23. The second-order valence-corrected chi connectivity index (χ2v) is 6.57. The summed E-state index contributed by atoms with van der Waals surface area (Å²) in [5.74, 6) is 0.808. The van der Waals surface area contributed by atoms with E-state index in [1.165, 1.54) is 0 Å². The SMILES string of the molecule is CNCCC1C(=O)N(C(C)(C)C)CC(C)CN1C. The monoisotopic (exact) mass is 255 g/mol. The average molecular weight is 255 g/mol. The molecule has 0 bridgehead atoms. The molecule has 1 aliphatic rings. The van der Waals surface area contributed by atoms with E-state index >= 15 is 0 Å². The summed E-state index contributed by atoms with van der Waals surface area (Å²) in [4.78, 5) is 17.0. The Bertz CT molecular complexity index is 285. The molecule has 2 atom stereocenters. The molecule has 0 aromatic heterocycles. The van der Waals surface area contributed by atoms with E-state index in [-0.39, 0.29) is 17.5 Å². The number of hydrogen-bond acceptors (Lipinski definition) is 3. The van der Waals surface area contributed by atoms with Crippen molar-refractivity contribution < 1.29 is 4.79 Å². The molecule has 4 nitrogen and oxygen atoms in total. The van der Waals surface area contributed by atoms with Gasteiger partial charge in [-0.25, -0.2) is 0 Å². The smallest absolute Gasteiger partial charge is 0.240 e. The van der Waals surface area contributed by atoms with Crippen LogP contribution >= 0.6 is 0 Å². The third-order valence-corrected chi connectivity index (χ3v) is 3.65. The third-order valence-electron chi connectivity index (χ3n) is 3.65. The van der Waals surface area contributed by atoms with Crippen molar-refractivity contribution in [3.8, 4) is 0 Å². The summed E-state index contributed by atoms with van der Waals surface area (Å²) in [5.41, 5.74) is -0.0889. The van der Waals surface area contributed by atoms with Gasteiger partial charge in [0.2, 0.25) is 5.91 Å². The molecule has 0 spiro atoms. The summed E-state index contributed by atoms with van der Waals surface area (Å²) in [5, 5.41) is 3.14. The summed E-state index contributed by atoms with van der Waals surface area (Å²) in [6, 6.07) is 0.0154. The third kappa shape index (κ3) is 3.69. The molecule has 1 saturated heterocycles. The van der Waals surface area contributed by atoms with Gasteiger partial charge in [-0.1, -0.05) is 6.92 Å². The molecule has 18 heavy (non-hydrogen) atoms. The van der Waals surface area contributed by atoms with E-state index in [4.69, 9.17) is 0 Å². The molecule has 0 saturated carbocycles. The van der Waals surface area contributed by atoms with Crippen LogP contribution in [0.4, 0.5) is 0 Å². The number of likely N-dealkylation sites (N-methyl/N-ethyl adjacent to an activating group) is 1. The topological polar surface area (TPSA) is 35.6 Å². The highest BCUT2D eigenvalue weighted by atomic mass is 16.2. The Balaban J connectivity index is 2.91. The number of nitrogens with one attached hydrogen (secondary N) is 1. The molecular weight excluding hydrogens is 226 g/mol. The molecule has 4 heteroatoms. The Morgan fingerprint density at radius 3 is 2.44 bits per heavy atom. The van der Waals surface area contributed by atoms with Crippen LogP contribution in [0.3, 0.4) is 0 Å². The normalized spacial score (nSPS) is 27.4. The zero-order valence-electron chi connectivity index (χ0n) is 12.8. The van der Waals surface area contributed by atoms with Gasteiger partial charge in [0.05, 0.1) is 6.04 Å². The lowest BCUT2D eigenvalue weighted by Crippen LogP contribution is -2.52. The van der Waals surface area contributed by atoms with Gasteiger partial charge in [-0.2, -0.15) is 0 Å². The maximum Gasteiger partial charge on any atom is 0.240 e. The van der Waals surface area contributed by atoms with Gasteiger partial charge in [-0.15, -0.1) is 0 Å². The molecule has 0 aromatic carbocycles. The van der Waals surface area contributed by atoms with Crippen LogP contribution in [0, 0.1) is 5.92 Å². The van der Waals surface area contributed by atoms with Crippen LogP contribution < -0.4 is 5.32 Å². The first-order valence-electron chi connectivity index (χ1n) is 6.93. The summed E-state index contributed by atoms with van der Waals surface area (Å²) in [6.45, 7) is 11.3. The van der Waals surface area contributed by atoms with Crippen LogP contribution in [-0.2, 0) is 4.79 Å². The van der Waals surface area contributed by atoms with Gasteiger partial charge in [-0.3, -0.25) is 9.69 Å². The molecule has 1 aliphatic heterocycles. The zero-order chi connectivity index (χ0) is 13.9. The van der Waals surface area contributed by atoms with Crippen molar-refractivity contribution in [2.75, 3.05) is 33.7 Å². The predicted molar refractivity (Wildman–Crippen MR) is 75.6 cm³/mol. The van der Waals surface area contributed by atoms with E-state index in [1.807, 2.05) is 7.05 Å². The van der Waals surface area contributed by atoms with Gasteiger partial charge in [0.25, 0.3) is 0 Å². The number of carbonyl (C=O) groups excluding carboxylic acids is 1. The summed E-state index contributed by atoms with van der Waals surface area (Å²) >= 11 is 0. The Labute approximate surface area is 112 Å². The molecule has 1 N–H and O–H groups in total. The molecule has 1 rings (SSSR count). The van der Waals surface area contributed by atoms with Gasteiger partial charge < -0.3 is 10.2 Å². The van der Waals surface area contributed by atoms with E-state index < -0.39 is 0 Å². The largest absolute Gasteiger partial charge is 0.336 e. The van der Waals surface area contributed by atoms with Gasteiger partial charge in [0.1, 0.15) is 0 Å². The van der Waals surface area contributed by atoms with Crippen molar-refractivity contribution in [1.29, 1.82) is 0 Å². The summed E-state index contributed by atoms with van der Waals surface area (Å²) < 4.78 is 0. The lowest BCUT2D eigenvalue weighted by atomic mass is 10.0. The van der Waals surface area contributed by atoms with E-state index in [0.717, 1.165) is 26.1 Å². The molecule has 1 amide bonds. The van der Waals surface area contributed by atoms with Crippen LogP contribution in [0.5, 0.6) is 0 Å². The maximum atomic E-state index is 12.7. The van der Waals surface area contributed by atoms with Crippen molar-refractivity contribution in [2.24, 2.45) is 5.92 Å². The number of carbonyl (C=O) groups is 1. The quantitative estimate of drug-likeness (QED) is 0.822. The van der Waals surface area contributed by atoms with Gasteiger partial charge in [0.15, 0.2) is 0 Å². The van der Waals surface area contributed by atoms with E-state index in [1.54, 1.807) is 0 Å². The van der Waals surface area contributed by atoms with Crippen LogP contribution in [0.15, 0.2) is 0 Å². The van der Waals surface area contributed by atoms with Crippen molar-refractivity contribution in [3.63, 3.8) is 0 Å². The second-order valence-electron chi connectivity index (χ2n) is 6.57. The Hall–Kier alpha value is -0.610. The van der Waals surface area contributed by atoms with Crippen molar-refractivity contribution in [3.05, 3.63) is 0 Å². The lowest BCUT2D eigenvalue weighted by Gasteiger charge is -2.37. The van der Waals surface area contributed by atoms with Crippen molar-refractivity contribution in [1.82, 2.24) is 15.1 Å². The van der Waals surface area contributed by atoms with Gasteiger partial charge in [0, 0.05) is 18.6 Å². The highest BCUT2D eigenvalue weighted by molar-refractivity contribution is 5.82. The first-order valence-corrected chi connectivity index (χ1v) is 6.93. The fourth-order valence-electron chi connectivity index (χ4n) is 2.68. The van der Waals surface area contributed by atoms with Gasteiger partial charge >= 0.3 is 0 Å². The van der Waals surface area contributed by atoms with Gasteiger partial charge in [-0.05, 0) is 53.8 Å². The number of amides is 1. The molecule has 1 heterocycles. The first kappa shape index (κ1) is 15.4. The molecule has 106 valence electrons. The first-order chi connectivity index (χ1) is 8.27. The van der Waals surface area contributed by atoms with Crippen LogP contribution in [-0.4, -0.2) is 61.0 Å². The molecule has 1 fully saturated rings. The fraction of sp³-hybridized carbons (Fsp3) is 0.929. The molecule has 0 aliphatic carbocycles. The predicted octanol–water partition coefficient (Wildman–Crippen LogP) is 1.17. The standard InChI is InChI=1S/C14H29N3O/c1-11-9-16(6)12(7-8-15-5)13(18)17(10-11)14(2,3)4/h11-12,15H,7-10H2,1-6H3. The minimum atomic E-state index is -0.0889. The fourth-order valence-corrected chi connectivity index (χ4v) is 2.68. The molecule has 2 unspecified atom stereocenters. The highest BCUT2D eigenvalue weighted by Gasteiger charge is 2.37. The summed E-state index contributed by atoms with van der Waals surface area (Å²) in [7, 11) is 4.01.